The van der Waals surface area contributed by atoms with Crippen LogP contribution in [0.1, 0.15) is 68.6 Å². The van der Waals surface area contributed by atoms with Crippen molar-refractivity contribution in [3.63, 3.8) is 0 Å². The molecule has 0 atom stereocenters. The Bertz CT molecular complexity index is 1490. The molecule has 0 radical (unpaired) electrons. The number of methoxy groups -OCH3 is 1. The Balaban J connectivity index is 1.81. The van der Waals surface area contributed by atoms with Crippen molar-refractivity contribution in [3.8, 4) is 11.5 Å². The number of nitrogens with one attached hydrogen (secondary N) is 1. The lowest BCUT2D eigenvalue weighted by atomic mass is 9.78. The molecule has 2 N–H and O–H groups in total. The number of hydrogen-bond donors (Lipinski definition) is 2. The molecule has 0 bridgehead atoms. The van der Waals surface area contributed by atoms with Crippen molar-refractivity contribution in [1.29, 1.82) is 5.41 Å². The molecule has 37 heavy (non-hydrogen) atoms. The maximum Gasteiger partial charge on any atom is 0.203 e. The second-order valence-corrected chi connectivity index (χ2v) is 11.6. The van der Waals surface area contributed by atoms with Gasteiger partial charge in [-0.25, -0.2) is 0 Å². The Morgan fingerprint density at radius 1 is 0.865 bits per heavy atom. The lowest BCUT2D eigenvalue weighted by Gasteiger charge is -2.28. The average molecular weight is 500 g/mol. The number of phenols is 1. The third kappa shape index (κ3) is 5.06. The van der Waals surface area contributed by atoms with Crippen LogP contribution in [0.3, 0.4) is 0 Å². The van der Waals surface area contributed by atoms with E-state index in [1.165, 1.54) is 0 Å². The predicted molar refractivity (Wildman–Crippen MR) is 148 cm³/mol. The van der Waals surface area contributed by atoms with E-state index in [-0.39, 0.29) is 34.5 Å². The minimum atomic E-state index is -0.334. The van der Waals surface area contributed by atoms with Gasteiger partial charge in [-0.15, -0.1) is 0 Å². The Hall–Kier alpha value is -3.80. The molecule has 3 aromatic carbocycles. The summed E-state index contributed by atoms with van der Waals surface area (Å²) < 4.78 is 9.19. The summed E-state index contributed by atoms with van der Waals surface area (Å²) in [7, 11) is 1.64. The number of ketones is 1. The van der Waals surface area contributed by atoms with Gasteiger partial charge in [0.2, 0.25) is 5.62 Å². The number of nitrogens with zero attached hydrogens (tertiary/aromatic N) is 2. The number of phenolic OH excluding ortho intramolecular Hbond substituents is 1. The number of aromatic hydroxyl groups is 1. The topological polar surface area (TPSA) is 80.2 Å². The van der Waals surface area contributed by atoms with Crippen LogP contribution < -0.4 is 10.4 Å². The molecular formula is C31H37N3O3. The summed E-state index contributed by atoms with van der Waals surface area (Å²) in [4.78, 5) is 13.7. The number of ether oxygens (including phenoxy) is 1. The van der Waals surface area contributed by atoms with Crippen LogP contribution in [0.2, 0.25) is 0 Å². The SMILES string of the molecule is COc1ccccc1Cn1c(=N)n(CC(=O)c2cc(C(C)(C)C)c(O)c(C(C)(C)C)c2)c2ccccc21. The zero-order valence-electron chi connectivity index (χ0n) is 22.8. The minimum Gasteiger partial charge on any atom is -0.507 e. The van der Waals surface area contributed by atoms with Crippen LogP contribution >= 0.6 is 0 Å². The normalized spacial score (nSPS) is 12.2. The van der Waals surface area contributed by atoms with E-state index in [4.69, 9.17) is 10.1 Å². The molecule has 4 aromatic rings. The Labute approximate surface area is 218 Å². The third-order valence-electron chi connectivity index (χ3n) is 6.85. The fourth-order valence-corrected chi connectivity index (χ4v) is 4.79. The first-order valence-electron chi connectivity index (χ1n) is 12.6. The fourth-order valence-electron chi connectivity index (χ4n) is 4.79. The second kappa shape index (κ2) is 9.58. The van der Waals surface area contributed by atoms with Crippen molar-refractivity contribution >= 4 is 16.8 Å². The largest absolute Gasteiger partial charge is 0.507 e. The molecule has 0 aliphatic heterocycles. The van der Waals surface area contributed by atoms with Gasteiger partial charge in [-0.3, -0.25) is 10.2 Å². The molecule has 0 aliphatic carbocycles. The number of rotatable bonds is 6. The van der Waals surface area contributed by atoms with E-state index < -0.39 is 0 Å². The molecule has 0 unspecified atom stereocenters. The van der Waals surface area contributed by atoms with E-state index in [1.807, 2.05) is 107 Å². The molecule has 1 heterocycles. The van der Waals surface area contributed by atoms with Crippen LogP contribution in [0.5, 0.6) is 11.5 Å². The monoisotopic (exact) mass is 499 g/mol. The summed E-state index contributed by atoms with van der Waals surface area (Å²) >= 11 is 0. The van der Waals surface area contributed by atoms with Gasteiger partial charge in [0.1, 0.15) is 11.5 Å². The summed E-state index contributed by atoms with van der Waals surface area (Å²) in [6.45, 7) is 12.7. The first-order valence-corrected chi connectivity index (χ1v) is 12.6. The smallest absolute Gasteiger partial charge is 0.203 e. The second-order valence-electron chi connectivity index (χ2n) is 11.6. The zero-order chi connectivity index (χ0) is 27.1. The highest BCUT2D eigenvalue weighted by molar-refractivity contribution is 5.97. The van der Waals surface area contributed by atoms with Gasteiger partial charge in [0.15, 0.2) is 5.78 Å². The van der Waals surface area contributed by atoms with Crippen molar-refractivity contribution in [1.82, 2.24) is 9.13 Å². The standard InChI is InChI=1S/C31H37N3O3/c1-30(2,3)22-16-21(17-23(28(22)36)31(4,5)6)26(35)19-34-25-14-10-9-13-24(25)33(29(34)32)18-20-12-8-11-15-27(20)37-7/h8-17,32,36H,18-19H2,1-7H3. The zero-order valence-corrected chi connectivity index (χ0v) is 22.8. The first-order chi connectivity index (χ1) is 17.3. The number of benzene rings is 3. The van der Waals surface area contributed by atoms with Gasteiger partial charge in [0, 0.05) is 22.3 Å². The highest BCUT2D eigenvalue weighted by Gasteiger charge is 2.28. The minimum absolute atomic E-state index is 0.0240. The molecule has 0 saturated heterocycles. The molecule has 0 fully saturated rings. The van der Waals surface area contributed by atoms with E-state index in [0.29, 0.717) is 12.1 Å². The van der Waals surface area contributed by atoms with E-state index in [9.17, 15) is 9.90 Å². The molecule has 194 valence electrons. The van der Waals surface area contributed by atoms with E-state index in [2.05, 4.69) is 0 Å². The Morgan fingerprint density at radius 3 is 1.92 bits per heavy atom. The highest BCUT2D eigenvalue weighted by Crippen LogP contribution is 2.40. The predicted octanol–water partition coefficient (Wildman–Crippen LogP) is 6.16. The van der Waals surface area contributed by atoms with Gasteiger partial charge in [-0.05, 0) is 41.2 Å². The quantitative estimate of drug-likeness (QED) is 0.312. The summed E-state index contributed by atoms with van der Waals surface area (Å²) in [6, 6.07) is 19.2. The molecule has 6 heteroatoms. The van der Waals surface area contributed by atoms with Crippen LogP contribution in [0.4, 0.5) is 0 Å². The first kappa shape index (κ1) is 26.3. The van der Waals surface area contributed by atoms with E-state index >= 15 is 0 Å². The van der Waals surface area contributed by atoms with Gasteiger partial charge in [-0.2, -0.15) is 0 Å². The van der Waals surface area contributed by atoms with Crippen LogP contribution in [0.25, 0.3) is 11.0 Å². The number of para-hydroxylation sites is 3. The molecule has 4 rings (SSSR count). The third-order valence-corrected chi connectivity index (χ3v) is 6.85. The molecule has 6 nitrogen and oxygen atoms in total. The van der Waals surface area contributed by atoms with E-state index in [0.717, 1.165) is 33.5 Å². The highest BCUT2D eigenvalue weighted by atomic mass is 16.5. The van der Waals surface area contributed by atoms with Crippen LogP contribution in [-0.4, -0.2) is 27.1 Å². The van der Waals surface area contributed by atoms with Crippen molar-refractivity contribution in [3.05, 3.63) is 88.5 Å². The number of carbonyl (C=O) groups excluding carboxylic acids is 1. The molecule has 0 saturated carbocycles. The van der Waals surface area contributed by atoms with Crippen LogP contribution in [0.15, 0.2) is 60.7 Å². The average Bonchev–Trinajstić information content (AvgIpc) is 3.09. The number of carbonyl (C=O) groups is 1. The van der Waals surface area contributed by atoms with Crippen molar-refractivity contribution in [2.24, 2.45) is 0 Å². The maximum absolute atomic E-state index is 13.7. The van der Waals surface area contributed by atoms with Crippen molar-refractivity contribution < 1.29 is 14.6 Å². The summed E-state index contributed by atoms with van der Waals surface area (Å²) in [5, 5.41) is 20.1. The maximum atomic E-state index is 13.7. The summed E-state index contributed by atoms with van der Waals surface area (Å²) in [6.07, 6.45) is 0. The van der Waals surface area contributed by atoms with E-state index in [1.54, 1.807) is 11.7 Å². The van der Waals surface area contributed by atoms with Crippen LogP contribution in [-0.2, 0) is 23.9 Å². The van der Waals surface area contributed by atoms with Crippen molar-refractivity contribution in [2.75, 3.05) is 7.11 Å². The number of fused-ring (bicyclic) bond motifs is 1. The van der Waals surface area contributed by atoms with Gasteiger partial charge in [0.25, 0.3) is 0 Å². The summed E-state index contributed by atoms with van der Waals surface area (Å²) in [5.74, 6) is 0.907. The lowest BCUT2D eigenvalue weighted by molar-refractivity contribution is 0.0971. The van der Waals surface area contributed by atoms with Gasteiger partial charge < -0.3 is 19.0 Å². The number of Topliss-reactive ketones (excluding diaryl/α,β-unsaturated/α-hetero) is 1. The van der Waals surface area contributed by atoms with Gasteiger partial charge in [-0.1, -0.05) is 71.9 Å². The summed E-state index contributed by atoms with van der Waals surface area (Å²) in [5.41, 5.74) is 4.27. The molecular weight excluding hydrogens is 462 g/mol. The number of hydrogen-bond acceptors (Lipinski definition) is 4. The lowest BCUT2D eigenvalue weighted by Crippen LogP contribution is -2.28. The Morgan fingerprint density at radius 2 is 1.38 bits per heavy atom. The Kier molecular flexibility index (Phi) is 6.80. The molecule has 0 spiro atoms. The number of imidazole rings is 1. The fraction of sp³-hybridized carbons (Fsp3) is 0.355. The van der Waals surface area contributed by atoms with Gasteiger partial charge in [0.05, 0.1) is 31.2 Å². The molecule has 1 aromatic heterocycles. The molecule has 0 amide bonds. The van der Waals surface area contributed by atoms with Crippen molar-refractivity contribution in [2.45, 2.75) is 65.5 Å². The van der Waals surface area contributed by atoms with Gasteiger partial charge >= 0.3 is 0 Å². The van der Waals surface area contributed by atoms with Crippen LogP contribution in [0, 0.1) is 5.41 Å². The molecule has 0 aliphatic rings. The number of aromatic nitrogens is 2.